The molecule has 1 aliphatic heterocycles. The average Bonchev–Trinajstić information content (AvgIpc) is 3.37. The smallest absolute Gasteiger partial charge is 0.245 e. The maximum Gasteiger partial charge on any atom is 0.245 e. The van der Waals surface area contributed by atoms with Gasteiger partial charge in [0.25, 0.3) is 0 Å². The standard InChI is InChI=1S/C48H88N14O16/c1-7-8-9-10-11-12-35(68)53-28(13-17-49)41(71)61-37(26(5)66)47(77)59-34(23-64)45(75)56-31-16-20-52-46(76)36(25(4)65)60-42(72)30(15-19-51)55-44(74)33(22-63)58-48(78)38(27(6)67)62-43(73)32(21-24(2)3)57-39(69)29(14-18-50)54-40(31)70/h24-34,36-38,63-67H,7-23,49-51H2,1-6H3,(H,52,76)(H,53,68)(H,54,70)(H,55,74)(H,56,75)(H,57,69)(H,58,78)(H,59,77)(H,60,72)(H,61,71)(H,62,73)/t25-,26-,27-,28+,29+,30+,31+,32-,33+,34?,36+,37+,38+/m1/s1. The number of carbonyl (C=O) groups is 11. The van der Waals surface area contributed by atoms with Crippen LogP contribution in [-0.2, 0) is 52.7 Å². The van der Waals surface area contributed by atoms with Gasteiger partial charge in [0.1, 0.15) is 60.4 Å². The van der Waals surface area contributed by atoms with E-state index in [1.165, 1.54) is 0 Å². The lowest BCUT2D eigenvalue weighted by atomic mass is 10.0. The predicted molar refractivity (Wildman–Crippen MR) is 280 cm³/mol. The van der Waals surface area contributed by atoms with Gasteiger partial charge in [-0.25, -0.2) is 0 Å². The van der Waals surface area contributed by atoms with Crippen molar-refractivity contribution in [1.82, 2.24) is 58.5 Å². The molecular formula is C48H88N14O16. The molecule has 0 aromatic rings. The van der Waals surface area contributed by atoms with Gasteiger partial charge in [0.2, 0.25) is 65.0 Å². The second-order valence-corrected chi connectivity index (χ2v) is 19.6. The summed E-state index contributed by atoms with van der Waals surface area (Å²) in [4.78, 5) is 150. The molecule has 22 N–H and O–H groups in total. The Morgan fingerprint density at radius 3 is 1.60 bits per heavy atom. The van der Waals surface area contributed by atoms with Crippen LogP contribution in [0.2, 0.25) is 0 Å². The van der Waals surface area contributed by atoms with Crippen LogP contribution in [0.15, 0.2) is 0 Å². The van der Waals surface area contributed by atoms with Gasteiger partial charge in [-0.1, -0.05) is 46.5 Å². The van der Waals surface area contributed by atoms with Gasteiger partial charge in [-0.2, -0.15) is 0 Å². The Hall–Kier alpha value is -6.15. The largest absolute Gasteiger partial charge is 0.394 e. The lowest BCUT2D eigenvalue weighted by Gasteiger charge is -2.29. The molecule has 1 rings (SSSR count). The predicted octanol–water partition coefficient (Wildman–Crippen LogP) is -8.07. The van der Waals surface area contributed by atoms with Crippen molar-refractivity contribution in [3.05, 3.63) is 0 Å². The Morgan fingerprint density at radius 2 is 1.09 bits per heavy atom. The van der Waals surface area contributed by atoms with E-state index >= 15 is 0 Å². The first kappa shape index (κ1) is 69.9. The molecule has 446 valence electrons. The van der Waals surface area contributed by atoms with E-state index in [9.17, 15) is 78.3 Å². The monoisotopic (exact) mass is 1120 g/mol. The number of hydrogen-bond acceptors (Lipinski definition) is 19. The minimum atomic E-state index is -1.90. The number of rotatable bonds is 26. The Morgan fingerprint density at radius 1 is 0.577 bits per heavy atom. The van der Waals surface area contributed by atoms with E-state index in [2.05, 4.69) is 58.5 Å². The maximum atomic E-state index is 14.2. The van der Waals surface area contributed by atoms with Crippen molar-refractivity contribution in [2.75, 3.05) is 39.4 Å². The van der Waals surface area contributed by atoms with Crippen molar-refractivity contribution in [2.24, 2.45) is 23.1 Å². The van der Waals surface area contributed by atoms with Gasteiger partial charge in [0.15, 0.2) is 0 Å². The van der Waals surface area contributed by atoms with Crippen LogP contribution in [0.3, 0.4) is 0 Å². The Kier molecular flexibility index (Phi) is 33.0. The molecule has 1 aliphatic rings. The Bertz CT molecular complexity index is 1980. The minimum absolute atomic E-state index is 0.0467. The molecule has 0 saturated carbocycles. The molecule has 30 nitrogen and oxygen atoms in total. The molecule has 0 radical (unpaired) electrons. The summed E-state index contributed by atoms with van der Waals surface area (Å²) in [6.07, 6.45) is -1.70. The summed E-state index contributed by atoms with van der Waals surface area (Å²) in [7, 11) is 0. The summed E-state index contributed by atoms with van der Waals surface area (Å²) in [6.45, 7) is 5.62. The lowest BCUT2D eigenvalue weighted by molar-refractivity contribution is -0.138. The Balaban J connectivity index is 3.74. The molecule has 78 heavy (non-hydrogen) atoms. The lowest BCUT2D eigenvalue weighted by Crippen LogP contribution is -2.63. The molecule has 1 heterocycles. The van der Waals surface area contributed by atoms with Gasteiger partial charge in [0, 0.05) is 13.0 Å². The highest BCUT2D eigenvalue weighted by atomic mass is 16.3. The first-order chi connectivity index (χ1) is 36.8. The zero-order valence-corrected chi connectivity index (χ0v) is 45.6. The fraction of sp³-hybridized carbons (Fsp3) is 0.771. The minimum Gasteiger partial charge on any atom is -0.394 e. The fourth-order valence-corrected chi connectivity index (χ4v) is 7.86. The van der Waals surface area contributed by atoms with E-state index in [0.717, 1.165) is 46.5 Å². The molecule has 30 heteroatoms. The number of unbranched alkanes of at least 4 members (excludes halogenated alkanes) is 4. The van der Waals surface area contributed by atoms with Crippen LogP contribution in [0, 0.1) is 5.92 Å². The summed E-state index contributed by atoms with van der Waals surface area (Å²) in [5.41, 5.74) is 17.2. The normalized spacial score (nSPS) is 23.9. The van der Waals surface area contributed by atoms with Crippen LogP contribution >= 0.6 is 0 Å². The van der Waals surface area contributed by atoms with Crippen molar-refractivity contribution < 1.29 is 78.3 Å². The molecule has 1 unspecified atom stereocenters. The van der Waals surface area contributed by atoms with Crippen molar-refractivity contribution in [2.45, 2.75) is 191 Å². The summed E-state index contributed by atoms with van der Waals surface area (Å²) >= 11 is 0. The highest BCUT2D eigenvalue weighted by Crippen LogP contribution is 2.10. The first-order valence-corrected chi connectivity index (χ1v) is 26.5. The summed E-state index contributed by atoms with van der Waals surface area (Å²) in [5.74, 6) is -11.6. The van der Waals surface area contributed by atoms with E-state index in [4.69, 9.17) is 17.2 Å². The number of nitrogens with two attached hydrogens (primary N) is 3. The quantitative estimate of drug-likeness (QED) is 0.0358. The van der Waals surface area contributed by atoms with Crippen LogP contribution in [0.4, 0.5) is 0 Å². The molecular weight excluding hydrogens is 1030 g/mol. The van der Waals surface area contributed by atoms with Crippen molar-refractivity contribution in [3.63, 3.8) is 0 Å². The van der Waals surface area contributed by atoms with E-state index < -0.39 is 170 Å². The Labute approximate surface area is 454 Å². The zero-order valence-electron chi connectivity index (χ0n) is 45.6. The number of hydrogen-bond donors (Lipinski definition) is 19. The van der Waals surface area contributed by atoms with Gasteiger partial charge in [-0.3, -0.25) is 52.7 Å². The number of nitrogens with one attached hydrogen (secondary N) is 11. The van der Waals surface area contributed by atoms with Crippen molar-refractivity contribution in [1.29, 1.82) is 0 Å². The summed E-state index contributed by atoms with van der Waals surface area (Å²) in [5, 5.41) is 78.3. The average molecular weight is 1120 g/mol. The third-order valence-corrected chi connectivity index (χ3v) is 12.3. The molecule has 11 amide bonds. The van der Waals surface area contributed by atoms with Gasteiger partial charge < -0.3 is 101 Å². The van der Waals surface area contributed by atoms with Crippen LogP contribution in [0.25, 0.3) is 0 Å². The van der Waals surface area contributed by atoms with E-state index in [0.29, 0.717) is 6.42 Å². The molecule has 1 fully saturated rings. The van der Waals surface area contributed by atoms with Gasteiger partial charge in [-0.05, 0) is 84.8 Å². The molecule has 0 bridgehead atoms. The number of aliphatic hydroxyl groups is 5. The maximum absolute atomic E-state index is 14.2. The van der Waals surface area contributed by atoms with Gasteiger partial charge in [-0.15, -0.1) is 0 Å². The summed E-state index contributed by atoms with van der Waals surface area (Å²) < 4.78 is 0. The van der Waals surface area contributed by atoms with Crippen LogP contribution < -0.4 is 75.7 Å². The fourth-order valence-electron chi connectivity index (χ4n) is 7.86. The highest BCUT2D eigenvalue weighted by molar-refractivity contribution is 5.99. The van der Waals surface area contributed by atoms with Crippen LogP contribution in [0.1, 0.15) is 112 Å². The zero-order chi connectivity index (χ0) is 59.2. The topological polar surface area (TPSA) is 499 Å². The molecule has 1 saturated heterocycles. The molecule has 13 atom stereocenters. The van der Waals surface area contributed by atoms with Crippen molar-refractivity contribution in [3.8, 4) is 0 Å². The summed E-state index contributed by atoms with van der Waals surface area (Å²) in [6, 6.07) is -16.6. The molecule has 0 spiro atoms. The second-order valence-electron chi connectivity index (χ2n) is 19.6. The van der Waals surface area contributed by atoms with Crippen LogP contribution in [-0.4, -0.2) is 209 Å². The molecule has 0 aromatic carbocycles. The molecule has 0 aromatic heterocycles. The molecule has 0 aliphatic carbocycles. The second kappa shape index (κ2) is 36.9. The van der Waals surface area contributed by atoms with Crippen LogP contribution in [0.5, 0.6) is 0 Å². The SMILES string of the molecule is CCCCCCCC(=O)N[C@@H](CCN)C(=O)N[C@H](C(=O)NC(CO)C(=O)N[C@H]1CCNC(=O)[C@H]([C@@H](C)O)NC(=O)[C@H](CCN)NC(=O)[C@H](CO)NC(=O)[C@H]([C@@H](C)O)NC(=O)[C@@H](CC(C)C)NC(=O)[C@H](CCN)NC1=O)[C@@H](C)O. The number of amides is 11. The van der Waals surface area contributed by atoms with E-state index in [1.54, 1.807) is 13.8 Å². The highest BCUT2D eigenvalue weighted by Gasteiger charge is 2.38. The third kappa shape index (κ3) is 24.7. The first-order valence-electron chi connectivity index (χ1n) is 26.5. The van der Waals surface area contributed by atoms with E-state index in [1.807, 2.05) is 6.92 Å². The van der Waals surface area contributed by atoms with E-state index in [-0.39, 0.29) is 57.7 Å². The third-order valence-electron chi connectivity index (χ3n) is 12.3. The van der Waals surface area contributed by atoms with Gasteiger partial charge in [0.05, 0.1) is 31.5 Å². The number of carbonyl (C=O) groups excluding carboxylic acids is 11. The number of aliphatic hydroxyl groups excluding tert-OH is 5. The van der Waals surface area contributed by atoms with Crippen molar-refractivity contribution >= 4 is 65.0 Å². The van der Waals surface area contributed by atoms with Gasteiger partial charge >= 0.3 is 0 Å².